The molecule has 0 aromatic rings. The molecule has 1 heterocycles. The zero-order chi connectivity index (χ0) is 9.14. The van der Waals surface area contributed by atoms with Gasteiger partial charge in [-0.2, -0.15) is 0 Å². The highest BCUT2D eigenvalue weighted by atomic mass is 79.9. The summed E-state index contributed by atoms with van der Waals surface area (Å²) in [6, 6.07) is -0.562. The normalized spacial score (nSPS) is 22.8. The molecule has 0 aromatic carbocycles. The minimum atomic E-state index is -0.562. The van der Waals surface area contributed by atoms with Crippen LogP contribution in [-0.4, -0.2) is 40.2 Å². The molecule has 1 amide bonds. The van der Waals surface area contributed by atoms with Gasteiger partial charge in [0.05, 0.1) is 11.9 Å². The van der Waals surface area contributed by atoms with E-state index < -0.39 is 6.04 Å². The van der Waals surface area contributed by atoms with Crippen molar-refractivity contribution >= 4 is 21.8 Å². The molecule has 0 bridgehead atoms. The first-order valence-corrected chi connectivity index (χ1v) is 4.74. The monoisotopic (exact) mass is 236 g/mol. The summed E-state index contributed by atoms with van der Waals surface area (Å²) in [5, 5.41) is 10.6. The Bertz CT molecular complexity index is 209. The minimum Gasteiger partial charge on any atom is -0.335 e. The fourth-order valence-electron chi connectivity index (χ4n) is 1.22. The highest BCUT2D eigenvalue weighted by Crippen LogP contribution is 2.12. The maximum absolute atomic E-state index is 11.0. The summed E-state index contributed by atoms with van der Waals surface area (Å²) in [6.45, 7) is 0.771. The highest BCUT2D eigenvalue weighted by molar-refractivity contribution is 9.09. The fourth-order valence-corrected chi connectivity index (χ4v) is 1.58. The number of halogens is 1. The molecular formula is C6H9BrN2O3. The third kappa shape index (κ3) is 1.94. The van der Waals surface area contributed by atoms with Gasteiger partial charge in [-0.3, -0.25) is 14.9 Å². The number of carbonyl (C=O) groups excluding carboxylic acids is 1. The van der Waals surface area contributed by atoms with E-state index in [1.54, 1.807) is 0 Å². The molecule has 1 rings (SSSR count). The summed E-state index contributed by atoms with van der Waals surface area (Å²) >= 11 is 3.02. The van der Waals surface area contributed by atoms with Gasteiger partial charge < -0.3 is 4.90 Å². The smallest absolute Gasteiger partial charge is 0.233 e. The first kappa shape index (κ1) is 9.44. The van der Waals surface area contributed by atoms with Crippen molar-refractivity contribution in [2.45, 2.75) is 12.5 Å². The van der Waals surface area contributed by atoms with Crippen molar-refractivity contribution in [1.29, 1.82) is 0 Å². The van der Waals surface area contributed by atoms with Crippen LogP contribution in [0.15, 0.2) is 0 Å². The van der Waals surface area contributed by atoms with E-state index in [9.17, 15) is 14.9 Å². The largest absolute Gasteiger partial charge is 0.335 e. The topological polar surface area (TPSA) is 63.5 Å². The van der Waals surface area contributed by atoms with Gasteiger partial charge in [0.25, 0.3) is 0 Å². The SMILES string of the molecule is O=C(CBr)N1CCC([N+](=O)[O-])C1. The van der Waals surface area contributed by atoms with E-state index in [2.05, 4.69) is 15.9 Å². The summed E-state index contributed by atoms with van der Waals surface area (Å²) in [5.74, 6) is -0.0700. The van der Waals surface area contributed by atoms with Gasteiger partial charge in [0, 0.05) is 17.9 Å². The van der Waals surface area contributed by atoms with Crippen LogP contribution in [0.3, 0.4) is 0 Å². The molecule has 1 fully saturated rings. The number of carbonyl (C=O) groups is 1. The summed E-state index contributed by atoms with van der Waals surface area (Å²) in [4.78, 5) is 22.6. The molecule has 0 N–H and O–H groups in total. The predicted molar refractivity (Wildman–Crippen MR) is 45.8 cm³/mol. The molecule has 1 unspecified atom stereocenters. The second-order valence-corrected chi connectivity index (χ2v) is 3.26. The number of alkyl halides is 1. The molecule has 1 aliphatic rings. The van der Waals surface area contributed by atoms with E-state index >= 15 is 0 Å². The second-order valence-electron chi connectivity index (χ2n) is 2.70. The molecule has 1 saturated heterocycles. The molecule has 1 aliphatic heterocycles. The number of hydrogen-bond donors (Lipinski definition) is 0. The van der Waals surface area contributed by atoms with Crippen LogP contribution in [0.2, 0.25) is 0 Å². The lowest BCUT2D eigenvalue weighted by Gasteiger charge is -2.11. The van der Waals surface area contributed by atoms with E-state index in [0.29, 0.717) is 13.0 Å². The van der Waals surface area contributed by atoms with Crippen molar-refractivity contribution < 1.29 is 9.72 Å². The quantitative estimate of drug-likeness (QED) is 0.393. The number of amides is 1. The van der Waals surface area contributed by atoms with Gasteiger partial charge in [-0.25, -0.2) is 0 Å². The second kappa shape index (κ2) is 3.84. The molecule has 12 heavy (non-hydrogen) atoms. The lowest BCUT2D eigenvalue weighted by Crippen LogP contribution is -2.32. The van der Waals surface area contributed by atoms with Gasteiger partial charge in [0.15, 0.2) is 0 Å². The Morgan fingerprint density at radius 1 is 1.75 bits per heavy atom. The molecule has 0 aliphatic carbocycles. The Kier molecular flexibility index (Phi) is 3.02. The van der Waals surface area contributed by atoms with Crippen LogP contribution in [-0.2, 0) is 4.79 Å². The standard InChI is InChI=1S/C6H9BrN2O3/c7-3-6(10)8-2-1-5(4-8)9(11)12/h5H,1-4H2. The summed E-state index contributed by atoms with van der Waals surface area (Å²) in [5.41, 5.74) is 0. The Morgan fingerprint density at radius 3 is 2.83 bits per heavy atom. The van der Waals surface area contributed by atoms with Gasteiger partial charge >= 0.3 is 0 Å². The molecule has 6 heteroatoms. The van der Waals surface area contributed by atoms with E-state index in [4.69, 9.17) is 0 Å². The van der Waals surface area contributed by atoms with Gasteiger partial charge in [-0.15, -0.1) is 0 Å². The van der Waals surface area contributed by atoms with Crippen LogP contribution in [0.25, 0.3) is 0 Å². The molecular weight excluding hydrogens is 228 g/mol. The predicted octanol–water partition coefficient (Wildman–Crippen LogP) is 0.259. The number of nitro groups is 1. The van der Waals surface area contributed by atoms with Crippen molar-refractivity contribution in [3.63, 3.8) is 0 Å². The van der Waals surface area contributed by atoms with Crippen molar-refractivity contribution in [1.82, 2.24) is 4.90 Å². The van der Waals surface area contributed by atoms with Gasteiger partial charge in [-0.05, 0) is 0 Å². The molecule has 1 atom stereocenters. The van der Waals surface area contributed by atoms with Gasteiger partial charge in [0.2, 0.25) is 11.9 Å². The summed E-state index contributed by atoms with van der Waals surface area (Å²) in [6.07, 6.45) is 0.478. The zero-order valence-corrected chi connectivity index (χ0v) is 7.99. The van der Waals surface area contributed by atoms with Crippen LogP contribution in [0, 0.1) is 10.1 Å². The van der Waals surface area contributed by atoms with Crippen LogP contribution in [0.5, 0.6) is 0 Å². The summed E-state index contributed by atoms with van der Waals surface area (Å²) in [7, 11) is 0. The Balaban J connectivity index is 2.45. The number of likely N-dealkylation sites (tertiary alicyclic amines) is 1. The third-order valence-electron chi connectivity index (χ3n) is 1.93. The molecule has 0 spiro atoms. The lowest BCUT2D eigenvalue weighted by atomic mass is 10.3. The van der Waals surface area contributed by atoms with E-state index in [1.807, 2.05) is 0 Å². The lowest BCUT2D eigenvalue weighted by molar-refractivity contribution is -0.517. The maximum atomic E-state index is 11.0. The number of nitrogens with zero attached hydrogens (tertiary/aromatic N) is 2. The van der Waals surface area contributed by atoms with Crippen LogP contribution < -0.4 is 0 Å². The molecule has 0 saturated carbocycles. The van der Waals surface area contributed by atoms with Gasteiger partial charge in [0.1, 0.15) is 0 Å². The third-order valence-corrected chi connectivity index (χ3v) is 2.41. The van der Waals surface area contributed by atoms with Crippen LogP contribution >= 0.6 is 15.9 Å². The van der Waals surface area contributed by atoms with Crippen molar-refractivity contribution in [2.24, 2.45) is 0 Å². The van der Waals surface area contributed by atoms with E-state index in [0.717, 1.165) is 0 Å². The van der Waals surface area contributed by atoms with Crippen LogP contribution in [0.1, 0.15) is 6.42 Å². The summed E-state index contributed by atoms with van der Waals surface area (Å²) < 4.78 is 0. The van der Waals surface area contributed by atoms with Crippen LogP contribution in [0.4, 0.5) is 0 Å². The maximum Gasteiger partial charge on any atom is 0.233 e. The van der Waals surface area contributed by atoms with E-state index in [1.165, 1.54) is 4.90 Å². The molecule has 5 nitrogen and oxygen atoms in total. The zero-order valence-electron chi connectivity index (χ0n) is 6.40. The molecule has 68 valence electrons. The minimum absolute atomic E-state index is 0.0700. The Hall–Kier alpha value is -0.650. The fraction of sp³-hybridized carbons (Fsp3) is 0.833. The first-order valence-electron chi connectivity index (χ1n) is 3.62. The van der Waals surface area contributed by atoms with Crippen molar-refractivity contribution in [3.8, 4) is 0 Å². The van der Waals surface area contributed by atoms with Crippen molar-refractivity contribution in [3.05, 3.63) is 10.1 Å². The Morgan fingerprint density at radius 2 is 2.42 bits per heavy atom. The number of rotatable bonds is 2. The van der Waals surface area contributed by atoms with E-state index in [-0.39, 0.29) is 22.7 Å². The highest BCUT2D eigenvalue weighted by Gasteiger charge is 2.32. The average molecular weight is 237 g/mol. The molecule has 0 aromatic heterocycles. The first-order chi connectivity index (χ1) is 5.65. The average Bonchev–Trinajstić information content (AvgIpc) is 2.51. The van der Waals surface area contributed by atoms with Crippen molar-refractivity contribution in [2.75, 3.05) is 18.4 Å². The molecule has 0 radical (unpaired) electrons. The number of hydrogen-bond acceptors (Lipinski definition) is 3. The van der Waals surface area contributed by atoms with Gasteiger partial charge in [-0.1, -0.05) is 15.9 Å². The Labute approximate surface area is 78.0 Å².